The molecule has 4 rings (SSSR count). The highest BCUT2D eigenvalue weighted by atomic mass is 16.5. The van der Waals surface area contributed by atoms with Crippen molar-refractivity contribution < 1.29 is 19.1 Å². The Hall–Kier alpha value is -2.86. The minimum atomic E-state index is -0.305. The molecule has 2 aliphatic rings. The summed E-state index contributed by atoms with van der Waals surface area (Å²) in [5, 5.41) is 3.17. The molecule has 2 fully saturated rings. The van der Waals surface area contributed by atoms with Crippen LogP contribution in [-0.4, -0.2) is 50.1 Å². The zero-order chi connectivity index (χ0) is 22.6. The van der Waals surface area contributed by atoms with Crippen molar-refractivity contribution in [3.8, 4) is 5.75 Å². The molecule has 170 valence electrons. The van der Waals surface area contributed by atoms with Gasteiger partial charge in [0.1, 0.15) is 5.75 Å². The van der Waals surface area contributed by atoms with Crippen LogP contribution in [0.2, 0.25) is 0 Å². The summed E-state index contributed by atoms with van der Waals surface area (Å²) in [6.07, 6.45) is 1.97. The predicted octanol–water partition coefficient (Wildman–Crippen LogP) is 3.22. The molecule has 0 saturated carbocycles. The molecule has 0 radical (unpaired) electrons. The second kappa shape index (κ2) is 9.74. The lowest BCUT2D eigenvalue weighted by molar-refractivity contribution is -0.129. The number of carbonyl (C=O) groups is 2. The predicted molar refractivity (Wildman–Crippen MR) is 122 cm³/mol. The van der Waals surface area contributed by atoms with Crippen LogP contribution >= 0.6 is 0 Å². The molecule has 1 atom stereocenters. The first kappa shape index (κ1) is 22.3. The van der Waals surface area contributed by atoms with E-state index in [4.69, 9.17) is 9.47 Å². The Bertz CT molecular complexity index is 933. The molecule has 2 saturated heterocycles. The summed E-state index contributed by atoms with van der Waals surface area (Å²) in [7, 11) is 1.66. The highest BCUT2D eigenvalue weighted by Gasteiger charge is 2.38. The van der Waals surface area contributed by atoms with E-state index < -0.39 is 0 Å². The van der Waals surface area contributed by atoms with E-state index in [-0.39, 0.29) is 29.6 Å². The van der Waals surface area contributed by atoms with Gasteiger partial charge in [0.15, 0.2) is 0 Å². The van der Waals surface area contributed by atoms with Gasteiger partial charge < -0.3 is 19.7 Å². The zero-order valence-electron chi connectivity index (χ0n) is 18.9. The molecule has 1 unspecified atom stereocenters. The van der Waals surface area contributed by atoms with Crippen molar-refractivity contribution >= 4 is 11.8 Å². The Morgan fingerprint density at radius 2 is 1.81 bits per heavy atom. The van der Waals surface area contributed by atoms with Crippen molar-refractivity contribution in [1.82, 2.24) is 10.2 Å². The number of hydrogen-bond acceptors (Lipinski definition) is 4. The van der Waals surface area contributed by atoms with Crippen molar-refractivity contribution in [2.45, 2.75) is 38.1 Å². The van der Waals surface area contributed by atoms with Crippen LogP contribution in [0.15, 0.2) is 48.5 Å². The largest absolute Gasteiger partial charge is 0.497 e. The first-order valence-electron chi connectivity index (χ1n) is 11.3. The van der Waals surface area contributed by atoms with E-state index in [1.54, 1.807) is 12.0 Å². The maximum absolute atomic E-state index is 13.0. The lowest BCUT2D eigenvalue weighted by Gasteiger charge is -2.38. The Labute approximate surface area is 189 Å². The molecule has 1 N–H and O–H groups in total. The average Bonchev–Trinajstić information content (AvgIpc) is 3.20. The number of aryl methyl sites for hydroxylation is 1. The number of amides is 2. The number of carbonyl (C=O) groups excluding carboxylic acids is 2. The highest BCUT2D eigenvalue weighted by Crippen LogP contribution is 2.35. The second-order valence-electron chi connectivity index (χ2n) is 9.00. The molecular formula is C26H32N2O4. The number of benzene rings is 2. The normalized spacial score (nSPS) is 20.2. The molecule has 0 aliphatic carbocycles. The summed E-state index contributed by atoms with van der Waals surface area (Å²) >= 11 is 0. The van der Waals surface area contributed by atoms with Crippen molar-refractivity contribution in [3.05, 3.63) is 65.2 Å². The van der Waals surface area contributed by atoms with Crippen molar-refractivity contribution in [2.24, 2.45) is 5.92 Å². The summed E-state index contributed by atoms with van der Waals surface area (Å²) in [5.41, 5.74) is 3.30. The van der Waals surface area contributed by atoms with Crippen molar-refractivity contribution in [1.29, 1.82) is 0 Å². The third kappa shape index (κ3) is 4.96. The summed E-state index contributed by atoms with van der Waals surface area (Å²) < 4.78 is 10.9. The first-order chi connectivity index (χ1) is 15.5. The maximum Gasteiger partial charge on any atom is 0.225 e. The van der Waals surface area contributed by atoms with Crippen molar-refractivity contribution in [2.75, 3.05) is 33.4 Å². The molecule has 0 aromatic heterocycles. The van der Waals surface area contributed by atoms with Gasteiger partial charge in [0.2, 0.25) is 11.8 Å². The minimum absolute atomic E-state index is 0.0378. The van der Waals surface area contributed by atoms with Gasteiger partial charge in [0.05, 0.1) is 13.0 Å². The number of methoxy groups -OCH3 is 1. The lowest BCUT2D eigenvalue weighted by atomic mass is 9.74. The minimum Gasteiger partial charge on any atom is -0.497 e. The molecule has 32 heavy (non-hydrogen) atoms. The number of nitrogens with zero attached hydrogens (tertiary/aromatic N) is 1. The van der Waals surface area contributed by atoms with Gasteiger partial charge in [-0.3, -0.25) is 9.59 Å². The number of likely N-dealkylation sites (tertiary alicyclic amines) is 1. The Morgan fingerprint density at radius 1 is 1.12 bits per heavy atom. The molecule has 2 heterocycles. The van der Waals surface area contributed by atoms with E-state index in [1.165, 1.54) is 11.1 Å². The van der Waals surface area contributed by atoms with Crippen LogP contribution < -0.4 is 10.1 Å². The van der Waals surface area contributed by atoms with Crippen LogP contribution in [0.1, 0.15) is 36.0 Å². The fraction of sp³-hybridized carbons (Fsp3) is 0.462. The number of ether oxygens (including phenoxy) is 2. The van der Waals surface area contributed by atoms with Crippen molar-refractivity contribution in [3.63, 3.8) is 0 Å². The number of rotatable bonds is 7. The van der Waals surface area contributed by atoms with E-state index in [2.05, 4.69) is 17.4 Å². The Kier molecular flexibility index (Phi) is 6.80. The molecule has 2 aromatic rings. The van der Waals surface area contributed by atoms with E-state index in [0.29, 0.717) is 32.8 Å². The van der Waals surface area contributed by atoms with Gasteiger partial charge in [0.25, 0.3) is 0 Å². The summed E-state index contributed by atoms with van der Waals surface area (Å²) in [4.78, 5) is 27.3. The maximum atomic E-state index is 13.0. The third-order valence-electron chi connectivity index (χ3n) is 6.83. The van der Waals surface area contributed by atoms with Gasteiger partial charge in [-0.15, -0.1) is 0 Å². The van der Waals surface area contributed by atoms with Crippen LogP contribution in [0.3, 0.4) is 0 Å². The summed E-state index contributed by atoms with van der Waals surface area (Å²) in [6, 6.07) is 16.3. The van der Waals surface area contributed by atoms with Gasteiger partial charge in [-0.1, -0.05) is 42.0 Å². The van der Waals surface area contributed by atoms with E-state index in [1.807, 2.05) is 43.3 Å². The van der Waals surface area contributed by atoms with Gasteiger partial charge in [0, 0.05) is 44.7 Å². The topological polar surface area (TPSA) is 67.9 Å². The van der Waals surface area contributed by atoms with E-state index in [0.717, 1.165) is 24.2 Å². The van der Waals surface area contributed by atoms with Crippen LogP contribution in [-0.2, 0) is 26.3 Å². The smallest absolute Gasteiger partial charge is 0.225 e. The second-order valence-corrected chi connectivity index (χ2v) is 9.00. The van der Waals surface area contributed by atoms with Gasteiger partial charge in [-0.2, -0.15) is 0 Å². The Balaban J connectivity index is 1.38. The number of nitrogens with one attached hydrogen (secondary N) is 1. The third-order valence-corrected chi connectivity index (χ3v) is 6.83. The molecular weight excluding hydrogens is 404 g/mol. The van der Waals surface area contributed by atoms with Crippen LogP contribution in [0.4, 0.5) is 0 Å². The molecule has 2 aromatic carbocycles. The highest BCUT2D eigenvalue weighted by molar-refractivity contribution is 5.89. The average molecular weight is 437 g/mol. The SMILES string of the molecule is COc1ccc(C2(CNC(=O)C3CC(=O)N(Cc4ccc(C)cc4)C3)CCOCC2)cc1. The first-order valence-corrected chi connectivity index (χ1v) is 11.3. The molecule has 0 bridgehead atoms. The molecule has 2 amide bonds. The molecule has 0 spiro atoms. The van der Waals surface area contributed by atoms with Gasteiger partial charge in [-0.05, 0) is 43.0 Å². The van der Waals surface area contributed by atoms with Crippen LogP contribution in [0.25, 0.3) is 0 Å². The fourth-order valence-corrected chi connectivity index (χ4v) is 4.69. The van der Waals surface area contributed by atoms with Gasteiger partial charge >= 0.3 is 0 Å². The number of hydrogen-bond donors (Lipinski definition) is 1. The van der Waals surface area contributed by atoms with Crippen LogP contribution in [0.5, 0.6) is 5.75 Å². The summed E-state index contributed by atoms with van der Waals surface area (Å²) in [5.74, 6) is 0.518. The standard InChI is InChI=1S/C26H32N2O4/c1-19-3-5-20(6-4-19)16-28-17-21(15-24(28)29)25(30)27-18-26(11-13-32-14-12-26)22-7-9-23(31-2)10-8-22/h3-10,21H,11-18H2,1-2H3,(H,27,30). The van der Waals surface area contributed by atoms with Crippen LogP contribution in [0, 0.1) is 12.8 Å². The summed E-state index contributed by atoms with van der Waals surface area (Å²) in [6.45, 7) is 4.96. The lowest BCUT2D eigenvalue weighted by Crippen LogP contribution is -2.46. The quantitative estimate of drug-likeness (QED) is 0.724. The van der Waals surface area contributed by atoms with Gasteiger partial charge in [-0.25, -0.2) is 0 Å². The molecule has 6 nitrogen and oxygen atoms in total. The molecule has 2 aliphatic heterocycles. The Morgan fingerprint density at radius 3 is 2.47 bits per heavy atom. The van der Waals surface area contributed by atoms with E-state index in [9.17, 15) is 9.59 Å². The zero-order valence-corrected chi connectivity index (χ0v) is 18.9. The monoisotopic (exact) mass is 436 g/mol. The molecule has 6 heteroatoms. The fourth-order valence-electron chi connectivity index (χ4n) is 4.69. The van der Waals surface area contributed by atoms with E-state index >= 15 is 0 Å².